The van der Waals surface area contributed by atoms with Crippen LogP contribution in [-0.4, -0.2) is 87.5 Å². The molecule has 9 heteroatoms. The van der Waals surface area contributed by atoms with Gasteiger partial charge in [0.1, 0.15) is 24.4 Å². The Hall–Kier alpha value is -1.33. The lowest BCUT2D eigenvalue weighted by Gasteiger charge is -2.40. The first-order valence-electron chi connectivity index (χ1n) is 35.1. The highest BCUT2D eigenvalue weighted by molar-refractivity contribution is 5.76. The molecule has 1 heterocycles. The summed E-state index contributed by atoms with van der Waals surface area (Å²) in [5, 5.41) is 54.7. The summed E-state index contributed by atoms with van der Waals surface area (Å²) >= 11 is 0. The van der Waals surface area contributed by atoms with Crippen molar-refractivity contribution in [2.45, 2.75) is 403 Å². The van der Waals surface area contributed by atoms with Crippen molar-refractivity contribution in [3.05, 3.63) is 24.3 Å². The molecule has 0 aromatic carbocycles. The van der Waals surface area contributed by atoms with Gasteiger partial charge in [-0.2, -0.15) is 0 Å². The minimum atomic E-state index is -1.56. The number of ether oxygens (including phenoxy) is 2. The molecule has 0 radical (unpaired) electrons. The average molecular weight is 1120 g/mol. The van der Waals surface area contributed by atoms with Crippen LogP contribution in [0.1, 0.15) is 361 Å². The fraction of sp³-hybridized carbons (Fsp3) is 0.929. The molecule has 1 aliphatic heterocycles. The van der Waals surface area contributed by atoms with Crippen LogP contribution in [0.4, 0.5) is 0 Å². The molecular formula is C70H135NO8. The van der Waals surface area contributed by atoms with E-state index in [1.165, 1.54) is 302 Å². The van der Waals surface area contributed by atoms with Crippen LogP contribution < -0.4 is 5.32 Å². The molecule has 0 aromatic rings. The third kappa shape index (κ3) is 48.7. The van der Waals surface area contributed by atoms with Gasteiger partial charge in [0.25, 0.3) is 0 Å². The minimum absolute atomic E-state index is 0.168. The predicted molar refractivity (Wildman–Crippen MR) is 337 cm³/mol. The summed E-state index contributed by atoms with van der Waals surface area (Å²) in [6.45, 7) is 3.83. The molecule has 0 aliphatic carbocycles. The van der Waals surface area contributed by atoms with Crippen molar-refractivity contribution in [3.8, 4) is 0 Å². The van der Waals surface area contributed by atoms with Gasteiger partial charge in [0.2, 0.25) is 5.91 Å². The molecule has 1 aliphatic rings. The number of carbonyl (C=O) groups excluding carboxylic acids is 1. The number of hydrogen-bond acceptors (Lipinski definition) is 8. The molecule has 0 saturated carbocycles. The summed E-state index contributed by atoms with van der Waals surface area (Å²) in [5.74, 6) is -0.168. The normalized spacial score (nSPS) is 18.6. The van der Waals surface area contributed by atoms with Crippen molar-refractivity contribution in [2.24, 2.45) is 0 Å². The lowest BCUT2D eigenvalue weighted by molar-refractivity contribution is -0.302. The van der Waals surface area contributed by atoms with Gasteiger partial charge >= 0.3 is 0 Å². The van der Waals surface area contributed by atoms with Gasteiger partial charge in [-0.1, -0.05) is 334 Å². The molecule has 0 spiro atoms. The number of nitrogens with one attached hydrogen (secondary N) is 1. The summed E-state index contributed by atoms with van der Waals surface area (Å²) in [7, 11) is 0. The van der Waals surface area contributed by atoms with Crippen molar-refractivity contribution in [2.75, 3.05) is 13.2 Å². The van der Waals surface area contributed by atoms with Crippen LogP contribution in [0.15, 0.2) is 24.3 Å². The SMILES string of the molecule is CCCCCCCCCC/C=C\CCCCCCCCCCCCCCCCCCCCCCCCCCCC(=O)NC(COC1OC(CO)C(O)C(O)C1O)C(O)/C=C/CCCCCCCCCCCCCCCCCCC. The van der Waals surface area contributed by atoms with Gasteiger partial charge in [-0.25, -0.2) is 0 Å². The molecule has 0 aromatic heterocycles. The Labute approximate surface area is 489 Å². The fourth-order valence-electron chi connectivity index (χ4n) is 11.5. The topological polar surface area (TPSA) is 149 Å². The molecule has 468 valence electrons. The van der Waals surface area contributed by atoms with Crippen LogP contribution in [0.5, 0.6) is 0 Å². The highest BCUT2D eigenvalue weighted by Crippen LogP contribution is 2.23. The molecule has 6 N–H and O–H groups in total. The number of allylic oxidation sites excluding steroid dienone is 3. The lowest BCUT2D eigenvalue weighted by Crippen LogP contribution is -2.60. The van der Waals surface area contributed by atoms with Gasteiger partial charge in [0.05, 0.1) is 25.4 Å². The van der Waals surface area contributed by atoms with Gasteiger partial charge in [-0.05, 0) is 44.9 Å². The van der Waals surface area contributed by atoms with E-state index < -0.39 is 49.5 Å². The number of amides is 1. The molecular weight excluding hydrogens is 983 g/mol. The molecule has 1 rings (SSSR count). The monoisotopic (exact) mass is 1120 g/mol. The van der Waals surface area contributed by atoms with E-state index in [0.29, 0.717) is 6.42 Å². The molecule has 7 atom stereocenters. The van der Waals surface area contributed by atoms with Gasteiger partial charge < -0.3 is 40.3 Å². The molecule has 1 saturated heterocycles. The van der Waals surface area contributed by atoms with Crippen LogP contribution in [0.3, 0.4) is 0 Å². The number of carbonyl (C=O) groups is 1. The van der Waals surface area contributed by atoms with E-state index in [9.17, 15) is 30.3 Å². The molecule has 1 fully saturated rings. The maximum Gasteiger partial charge on any atom is 0.220 e. The zero-order chi connectivity index (χ0) is 57.2. The second kappa shape index (κ2) is 59.8. The Morgan fingerprint density at radius 2 is 0.709 bits per heavy atom. The van der Waals surface area contributed by atoms with Gasteiger partial charge in [-0.3, -0.25) is 4.79 Å². The van der Waals surface area contributed by atoms with Crippen LogP contribution in [0, 0.1) is 0 Å². The van der Waals surface area contributed by atoms with Crippen LogP contribution in [0.2, 0.25) is 0 Å². The summed E-state index contributed by atoms with van der Waals surface area (Å²) < 4.78 is 11.3. The number of aliphatic hydroxyl groups excluding tert-OH is 5. The van der Waals surface area contributed by atoms with Crippen LogP contribution in [-0.2, 0) is 14.3 Å². The highest BCUT2D eigenvalue weighted by atomic mass is 16.7. The Bertz CT molecular complexity index is 1300. The van der Waals surface area contributed by atoms with E-state index in [1.807, 2.05) is 6.08 Å². The fourth-order valence-corrected chi connectivity index (χ4v) is 11.5. The molecule has 9 nitrogen and oxygen atoms in total. The zero-order valence-electron chi connectivity index (χ0n) is 52.4. The van der Waals surface area contributed by atoms with Crippen LogP contribution >= 0.6 is 0 Å². The molecule has 7 unspecified atom stereocenters. The number of unbranched alkanes of at least 4 members (excludes halogenated alkanes) is 50. The Morgan fingerprint density at radius 1 is 0.418 bits per heavy atom. The maximum absolute atomic E-state index is 13.1. The van der Waals surface area contributed by atoms with Crippen molar-refractivity contribution >= 4 is 5.91 Å². The number of hydrogen-bond donors (Lipinski definition) is 6. The largest absolute Gasteiger partial charge is 0.394 e. The van der Waals surface area contributed by atoms with E-state index in [1.54, 1.807) is 6.08 Å². The third-order valence-corrected chi connectivity index (χ3v) is 17.0. The Balaban J connectivity index is 2.06. The maximum atomic E-state index is 13.1. The number of aliphatic hydroxyl groups is 5. The standard InChI is InChI=1S/C70H135NO8/c1-3-5-7-9-11-13-15-17-19-21-23-24-25-26-27-28-29-30-31-32-33-34-35-36-37-38-39-40-42-44-46-48-50-52-54-56-58-60-66(74)71-63(62-78-70-69(77)68(76)67(75)65(61-72)79-70)64(73)59-57-55-53-51-49-47-45-43-41-22-20-18-16-14-12-10-8-6-4-2/h21,23,57,59,63-65,67-70,72-73,75-77H,3-20,22,24-56,58,60-62H2,1-2H3,(H,71,74)/b23-21-,59-57+. The Morgan fingerprint density at radius 3 is 1.03 bits per heavy atom. The van der Waals surface area contributed by atoms with Crippen molar-refractivity contribution in [3.63, 3.8) is 0 Å². The van der Waals surface area contributed by atoms with Crippen molar-refractivity contribution in [1.29, 1.82) is 0 Å². The molecule has 1 amide bonds. The summed E-state index contributed by atoms with van der Waals surface area (Å²) in [4.78, 5) is 13.1. The van der Waals surface area contributed by atoms with Gasteiger partial charge in [0.15, 0.2) is 6.29 Å². The lowest BCUT2D eigenvalue weighted by atomic mass is 9.99. The summed E-state index contributed by atoms with van der Waals surface area (Å²) in [5.41, 5.74) is 0. The smallest absolute Gasteiger partial charge is 0.220 e. The first-order chi connectivity index (χ1) is 38.8. The van der Waals surface area contributed by atoms with Crippen molar-refractivity contribution in [1.82, 2.24) is 5.32 Å². The van der Waals surface area contributed by atoms with E-state index in [4.69, 9.17) is 9.47 Å². The quantitative estimate of drug-likeness (QED) is 0.0261. The van der Waals surface area contributed by atoms with Crippen molar-refractivity contribution < 1.29 is 39.8 Å². The van der Waals surface area contributed by atoms with Gasteiger partial charge in [-0.15, -0.1) is 0 Å². The van der Waals surface area contributed by atoms with Gasteiger partial charge in [0, 0.05) is 6.42 Å². The zero-order valence-corrected chi connectivity index (χ0v) is 52.4. The first kappa shape index (κ1) is 75.7. The Kier molecular flexibility index (Phi) is 57.3. The minimum Gasteiger partial charge on any atom is -0.394 e. The van der Waals surface area contributed by atoms with E-state index >= 15 is 0 Å². The third-order valence-electron chi connectivity index (χ3n) is 17.0. The molecule has 0 bridgehead atoms. The number of rotatable bonds is 62. The first-order valence-corrected chi connectivity index (χ1v) is 35.1. The predicted octanol–water partition coefficient (Wildman–Crippen LogP) is 18.9. The second-order valence-corrected chi connectivity index (χ2v) is 24.7. The van der Waals surface area contributed by atoms with E-state index in [-0.39, 0.29) is 12.5 Å². The summed E-state index contributed by atoms with van der Waals surface area (Å²) in [6.07, 6.45) is 71.5. The van der Waals surface area contributed by atoms with E-state index in [2.05, 4.69) is 31.3 Å². The second-order valence-electron chi connectivity index (χ2n) is 24.7. The van der Waals surface area contributed by atoms with E-state index in [0.717, 1.165) is 38.5 Å². The van der Waals surface area contributed by atoms with Crippen LogP contribution in [0.25, 0.3) is 0 Å². The average Bonchev–Trinajstić information content (AvgIpc) is 3.46. The molecule has 79 heavy (non-hydrogen) atoms. The highest BCUT2D eigenvalue weighted by Gasteiger charge is 2.44. The summed E-state index contributed by atoms with van der Waals surface area (Å²) in [6, 6.07) is -0.802.